The number of rotatable bonds is 1. The van der Waals surface area contributed by atoms with Crippen molar-refractivity contribution in [3.63, 3.8) is 0 Å². The number of hydrogen-bond acceptors (Lipinski definition) is 0. The zero-order valence-corrected chi connectivity index (χ0v) is 9.15. The second-order valence-electron chi connectivity index (χ2n) is 3.21. The molecule has 2 aromatic rings. The number of benzene rings is 1. The van der Waals surface area contributed by atoms with Gasteiger partial charge in [-0.15, -0.1) is 0 Å². The van der Waals surface area contributed by atoms with Gasteiger partial charge in [-0.3, -0.25) is 0 Å². The van der Waals surface area contributed by atoms with Crippen molar-refractivity contribution in [1.29, 1.82) is 0 Å². The highest BCUT2D eigenvalue weighted by molar-refractivity contribution is 6.36. The van der Waals surface area contributed by atoms with Gasteiger partial charge in [0.15, 0.2) is 0 Å². The van der Waals surface area contributed by atoms with E-state index in [0.29, 0.717) is 10.0 Å². The molecule has 1 nitrogen and oxygen atoms in total. The largest absolute Gasteiger partial charge is 0.361 e. The Morgan fingerprint density at radius 2 is 1.93 bits per heavy atom. The van der Waals surface area contributed by atoms with Crippen LogP contribution in [-0.4, -0.2) is 4.98 Å². The van der Waals surface area contributed by atoms with E-state index in [-0.39, 0.29) is 0 Å². The fraction of sp³-hybridized carbons (Fsp3) is 0.0909. The molecule has 1 aromatic heterocycles. The van der Waals surface area contributed by atoms with Crippen molar-refractivity contribution in [2.75, 3.05) is 0 Å². The number of aromatic nitrogens is 1. The average molecular weight is 226 g/mol. The van der Waals surface area contributed by atoms with Crippen LogP contribution in [0.4, 0.5) is 0 Å². The maximum atomic E-state index is 6.07. The topological polar surface area (TPSA) is 15.8 Å². The van der Waals surface area contributed by atoms with Crippen molar-refractivity contribution >= 4 is 23.2 Å². The van der Waals surface area contributed by atoms with E-state index in [1.807, 2.05) is 25.3 Å². The van der Waals surface area contributed by atoms with E-state index in [1.54, 1.807) is 6.07 Å². The summed E-state index contributed by atoms with van der Waals surface area (Å²) in [5, 5.41) is 1.32. The second kappa shape index (κ2) is 3.68. The summed E-state index contributed by atoms with van der Waals surface area (Å²) in [4.78, 5) is 3.15. The third-order valence-electron chi connectivity index (χ3n) is 2.05. The van der Waals surface area contributed by atoms with Gasteiger partial charge in [-0.25, -0.2) is 0 Å². The Balaban J connectivity index is 2.52. The molecule has 0 saturated carbocycles. The monoisotopic (exact) mass is 225 g/mol. The minimum atomic E-state index is 0.655. The van der Waals surface area contributed by atoms with Crippen LogP contribution in [-0.2, 0) is 0 Å². The molecule has 1 heterocycles. The highest BCUT2D eigenvalue weighted by atomic mass is 35.5. The first-order valence-electron chi connectivity index (χ1n) is 4.27. The molecule has 0 bridgehead atoms. The maximum Gasteiger partial charge on any atom is 0.0514 e. The number of aryl methyl sites for hydroxylation is 1. The van der Waals surface area contributed by atoms with Gasteiger partial charge in [-0.05, 0) is 36.8 Å². The van der Waals surface area contributed by atoms with Gasteiger partial charge in [0.25, 0.3) is 0 Å². The average Bonchev–Trinajstić information content (AvgIpc) is 2.51. The molecule has 72 valence electrons. The highest BCUT2D eigenvalue weighted by Crippen LogP contribution is 2.29. The predicted octanol–water partition coefficient (Wildman–Crippen LogP) is 4.30. The van der Waals surface area contributed by atoms with E-state index in [1.165, 1.54) is 5.56 Å². The molecule has 14 heavy (non-hydrogen) atoms. The van der Waals surface area contributed by atoms with Crippen LogP contribution in [0.3, 0.4) is 0 Å². The molecule has 0 spiro atoms. The smallest absolute Gasteiger partial charge is 0.0514 e. The summed E-state index contributed by atoms with van der Waals surface area (Å²) in [5.74, 6) is 0. The van der Waals surface area contributed by atoms with Gasteiger partial charge < -0.3 is 4.98 Å². The molecule has 1 aromatic carbocycles. The van der Waals surface area contributed by atoms with Crippen molar-refractivity contribution in [3.8, 4) is 11.3 Å². The molecule has 0 saturated heterocycles. The Bertz CT molecular complexity index is 460. The fourth-order valence-electron chi connectivity index (χ4n) is 1.37. The minimum absolute atomic E-state index is 0.655. The van der Waals surface area contributed by atoms with Gasteiger partial charge in [0.05, 0.1) is 5.02 Å². The predicted molar refractivity (Wildman–Crippen MR) is 61.0 cm³/mol. The molecule has 0 atom stereocenters. The Morgan fingerprint density at radius 1 is 1.14 bits per heavy atom. The molecule has 0 aliphatic rings. The van der Waals surface area contributed by atoms with Crippen LogP contribution in [0.1, 0.15) is 5.56 Å². The number of H-pyrrole nitrogens is 1. The molecule has 0 amide bonds. The molecule has 2 rings (SSSR count). The van der Waals surface area contributed by atoms with Crippen molar-refractivity contribution in [1.82, 2.24) is 4.98 Å². The summed E-state index contributed by atoms with van der Waals surface area (Å²) < 4.78 is 0. The summed E-state index contributed by atoms with van der Waals surface area (Å²) in [7, 11) is 0. The summed E-state index contributed by atoms with van der Waals surface area (Å²) in [6, 6.07) is 7.54. The first kappa shape index (κ1) is 9.63. The van der Waals surface area contributed by atoms with Gasteiger partial charge in [0.2, 0.25) is 0 Å². The zero-order chi connectivity index (χ0) is 10.1. The molecule has 0 unspecified atom stereocenters. The van der Waals surface area contributed by atoms with Crippen LogP contribution in [0.15, 0.2) is 30.5 Å². The van der Waals surface area contributed by atoms with E-state index in [4.69, 9.17) is 23.2 Å². The Kier molecular flexibility index (Phi) is 2.53. The summed E-state index contributed by atoms with van der Waals surface area (Å²) >= 11 is 11.9. The van der Waals surface area contributed by atoms with Crippen LogP contribution in [0.25, 0.3) is 11.3 Å². The third-order valence-corrected chi connectivity index (χ3v) is 2.60. The molecule has 3 heteroatoms. The lowest BCUT2D eigenvalue weighted by molar-refractivity contribution is 1.38. The van der Waals surface area contributed by atoms with Crippen LogP contribution in [0, 0.1) is 6.92 Å². The molecule has 0 fully saturated rings. The Hall–Kier alpha value is -0.920. The second-order valence-corrected chi connectivity index (χ2v) is 4.06. The van der Waals surface area contributed by atoms with Gasteiger partial charge in [-0.1, -0.05) is 23.2 Å². The lowest BCUT2D eigenvalue weighted by atomic mass is 10.1. The van der Waals surface area contributed by atoms with Crippen molar-refractivity contribution in [3.05, 3.63) is 46.1 Å². The number of halogens is 2. The van der Waals surface area contributed by atoms with E-state index >= 15 is 0 Å². The first-order chi connectivity index (χ1) is 6.66. The normalized spacial score (nSPS) is 10.5. The van der Waals surface area contributed by atoms with E-state index in [2.05, 4.69) is 11.1 Å². The zero-order valence-electron chi connectivity index (χ0n) is 7.64. The maximum absolute atomic E-state index is 6.07. The fourth-order valence-corrected chi connectivity index (χ4v) is 1.88. The van der Waals surface area contributed by atoms with Crippen molar-refractivity contribution < 1.29 is 0 Å². The van der Waals surface area contributed by atoms with Crippen LogP contribution >= 0.6 is 23.2 Å². The lowest BCUT2D eigenvalue weighted by Gasteiger charge is -2.01. The summed E-state index contributed by atoms with van der Waals surface area (Å²) in [6.45, 7) is 2.03. The van der Waals surface area contributed by atoms with Gasteiger partial charge >= 0.3 is 0 Å². The summed E-state index contributed by atoms with van der Waals surface area (Å²) in [6.07, 6.45) is 1.94. The number of aromatic amines is 1. The standard InChI is InChI=1S/C11H9Cl2N/c1-7-4-11(14-6-7)9-3-2-8(12)5-10(9)13/h2-6,14H,1H3. The number of nitrogens with one attached hydrogen (secondary N) is 1. The van der Waals surface area contributed by atoms with E-state index < -0.39 is 0 Å². The van der Waals surface area contributed by atoms with Gasteiger partial charge in [0.1, 0.15) is 0 Å². The third kappa shape index (κ3) is 1.79. The minimum Gasteiger partial charge on any atom is -0.361 e. The first-order valence-corrected chi connectivity index (χ1v) is 5.03. The number of hydrogen-bond donors (Lipinski definition) is 1. The lowest BCUT2D eigenvalue weighted by Crippen LogP contribution is -1.78. The van der Waals surface area contributed by atoms with E-state index in [0.717, 1.165) is 11.3 Å². The molecule has 0 aliphatic carbocycles. The summed E-state index contributed by atoms with van der Waals surface area (Å²) in [5.41, 5.74) is 3.18. The molecular weight excluding hydrogens is 217 g/mol. The molecule has 1 N–H and O–H groups in total. The molecule has 0 radical (unpaired) electrons. The van der Waals surface area contributed by atoms with Gasteiger partial charge in [-0.2, -0.15) is 0 Å². The van der Waals surface area contributed by atoms with Gasteiger partial charge in [0, 0.05) is 22.5 Å². The van der Waals surface area contributed by atoms with Crippen molar-refractivity contribution in [2.24, 2.45) is 0 Å². The quantitative estimate of drug-likeness (QED) is 0.746. The van der Waals surface area contributed by atoms with Crippen LogP contribution < -0.4 is 0 Å². The molecule has 0 aliphatic heterocycles. The van der Waals surface area contributed by atoms with Crippen LogP contribution in [0.2, 0.25) is 10.0 Å². The van der Waals surface area contributed by atoms with Crippen molar-refractivity contribution in [2.45, 2.75) is 6.92 Å². The van der Waals surface area contributed by atoms with E-state index in [9.17, 15) is 0 Å². The Labute approximate surface area is 92.7 Å². The Morgan fingerprint density at radius 3 is 2.50 bits per heavy atom. The highest BCUT2D eigenvalue weighted by Gasteiger charge is 2.05. The molecular formula is C11H9Cl2N. The SMILES string of the molecule is Cc1c[nH]c(-c2ccc(Cl)cc2Cl)c1. The van der Waals surface area contributed by atoms with Crippen LogP contribution in [0.5, 0.6) is 0 Å².